The first-order valence-corrected chi connectivity index (χ1v) is 11.4. The molecule has 2 fully saturated rings. The third kappa shape index (κ3) is 5.00. The van der Waals surface area contributed by atoms with Crippen molar-refractivity contribution in [1.29, 1.82) is 0 Å². The van der Waals surface area contributed by atoms with Gasteiger partial charge in [0, 0.05) is 25.6 Å². The normalized spacial score (nSPS) is 26.0. The van der Waals surface area contributed by atoms with Crippen LogP contribution in [-0.4, -0.2) is 61.0 Å². The Morgan fingerprint density at radius 3 is 2.69 bits per heavy atom. The number of rotatable bonds is 8. The van der Waals surface area contributed by atoms with E-state index in [4.69, 9.17) is 4.74 Å². The summed E-state index contributed by atoms with van der Waals surface area (Å²) in [4.78, 5) is 30.0. The lowest BCUT2D eigenvalue weighted by molar-refractivity contribution is -0.145. The molecule has 1 saturated carbocycles. The van der Waals surface area contributed by atoms with Gasteiger partial charge in [-0.3, -0.25) is 9.59 Å². The minimum Gasteiger partial charge on any atom is -0.466 e. The Hall–Kier alpha value is -1.88. The maximum absolute atomic E-state index is 13.5. The first-order valence-electron chi connectivity index (χ1n) is 11.4. The summed E-state index contributed by atoms with van der Waals surface area (Å²) in [5.74, 6) is 0.532. The Bertz CT molecular complexity index is 729. The van der Waals surface area contributed by atoms with Crippen LogP contribution in [0.25, 0.3) is 0 Å². The van der Waals surface area contributed by atoms with Gasteiger partial charge < -0.3 is 14.5 Å². The average molecular weight is 399 g/mol. The van der Waals surface area contributed by atoms with E-state index < -0.39 is 0 Å². The molecule has 29 heavy (non-hydrogen) atoms. The van der Waals surface area contributed by atoms with E-state index in [2.05, 4.69) is 34.1 Å². The molecule has 5 heteroatoms. The van der Waals surface area contributed by atoms with Crippen molar-refractivity contribution in [3.05, 3.63) is 35.4 Å². The molecule has 1 heterocycles. The third-order valence-corrected chi connectivity index (χ3v) is 6.86. The highest BCUT2D eigenvalue weighted by atomic mass is 16.5. The number of esters is 1. The fourth-order valence-corrected chi connectivity index (χ4v) is 5.00. The lowest BCUT2D eigenvalue weighted by Crippen LogP contribution is -2.43. The van der Waals surface area contributed by atoms with Gasteiger partial charge in [-0.2, -0.15) is 0 Å². The number of carbonyl (C=O) groups excluding carboxylic acids is 2. The van der Waals surface area contributed by atoms with Gasteiger partial charge >= 0.3 is 5.97 Å². The van der Waals surface area contributed by atoms with Crippen LogP contribution >= 0.6 is 0 Å². The topological polar surface area (TPSA) is 49.9 Å². The van der Waals surface area contributed by atoms with Gasteiger partial charge in [0.15, 0.2) is 0 Å². The van der Waals surface area contributed by atoms with Crippen molar-refractivity contribution in [2.45, 2.75) is 45.4 Å². The molecule has 1 aromatic carbocycles. The lowest BCUT2D eigenvalue weighted by atomic mass is 9.83. The van der Waals surface area contributed by atoms with Crippen molar-refractivity contribution in [3.8, 4) is 0 Å². The Morgan fingerprint density at radius 2 is 1.93 bits per heavy atom. The van der Waals surface area contributed by atoms with Crippen LogP contribution in [0.4, 0.5) is 0 Å². The molecule has 0 spiro atoms. The first kappa shape index (κ1) is 20.4. The molecule has 0 unspecified atom stereocenters. The Kier molecular flexibility index (Phi) is 6.53. The van der Waals surface area contributed by atoms with Crippen LogP contribution in [0, 0.1) is 17.8 Å². The van der Waals surface area contributed by atoms with Crippen molar-refractivity contribution < 1.29 is 14.3 Å². The number of aryl methyl sites for hydroxylation is 1. The summed E-state index contributed by atoms with van der Waals surface area (Å²) in [5.41, 5.74) is 2.72. The lowest BCUT2D eigenvalue weighted by Gasteiger charge is -2.31. The van der Waals surface area contributed by atoms with E-state index in [0.717, 1.165) is 51.9 Å². The fourth-order valence-electron chi connectivity index (χ4n) is 5.00. The summed E-state index contributed by atoms with van der Waals surface area (Å²) < 4.78 is 5.18. The van der Waals surface area contributed by atoms with E-state index in [1.807, 2.05) is 6.92 Å². The predicted molar refractivity (Wildman–Crippen MR) is 112 cm³/mol. The maximum atomic E-state index is 13.5. The minimum atomic E-state index is -0.0870. The van der Waals surface area contributed by atoms with Gasteiger partial charge in [0.1, 0.15) is 0 Å². The van der Waals surface area contributed by atoms with Crippen LogP contribution in [0.1, 0.15) is 43.7 Å². The predicted octanol–water partition coefficient (Wildman–Crippen LogP) is 2.92. The molecule has 5 nitrogen and oxygen atoms in total. The molecule has 0 bridgehead atoms. The Balaban J connectivity index is 1.39. The largest absolute Gasteiger partial charge is 0.466 e. The Labute approximate surface area is 174 Å². The highest BCUT2D eigenvalue weighted by molar-refractivity contribution is 5.80. The van der Waals surface area contributed by atoms with Crippen LogP contribution in [0.15, 0.2) is 24.3 Å². The van der Waals surface area contributed by atoms with E-state index in [9.17, 15) is 9.59 Å². The third-order valence-electron chi connectivity index (χ3n) is 6.86. The number of carbonyl (C=O) groups is 2. The number of benzene rings is 1. The fraction of sp³-hybridized carbons (Fsp3) is 0.667. The summed E-state index contributed by atoms with van der Waals surface area (Å²) in [5, 5.41) is 0. The van der Waals surface area contributed by atoms with E-state index in [1.54, 1.807) is 0 Å². The van der Waals surface area contributed by atoms with Crippen LogP contribution in [0.5, 0.6) is 0 Å². The van der Waals surface area contributed by atoms with Crippen molar-refractivity contribution in [1.82, 2.24) is 9.80 Å². The van der Waals surface area contributed by atoms with Gasteiger partial charge in [-0.25, -0.2) is 0 Å². The zero-order valence-corrected chi connectivity index (χ0v) is 17.6. The molecule has 2 aliphatic carbocycles. The van der Waals surface area contributed by atoms with Crippen LogP contribution in [-0.2, 0) is 27.2 Å². The molecule has 0 aromatic heterocycles. The van der Waals surface area contributed by atoms with Gasteiger partial charge in [0.05, 0.1) is 12.5 Å². The van der Waals surface area contributed by atoms with E-state index in [0.29, 0.717) is 13.2 Å². The number of nitrogens with zero attached hydrogens (tertiary/aromatic N) is 2. The van der Waals surface area contributed by atoms with E-state index in [1.165, 1.54) is 24.0 Å². The average Bonchev–Trinajstić information content (AvgIpc) is 3.32. The summed E-state index contributed by atoms with van der Waals surface area (Å²) in [7, 11) is 0. The van der Waals surface area contributed by atoms with Crippen LogP contribution < -0.4 is 0 Å². The number of amides is 1. The summed E-state index contributed by atoms with van der Waals surface area (Å²) in [6.07, 6.45) is 6.16. The summed E-state index contributed by atoms with van der Waals surface area (Å²) in [6.45, 7) is 7.01. The maximum Gasteiger partial charge on any atom is 0.309 e. The molecule has 1 aliphatic heterocycles. The van der Waals surface area contributed by atoms with E-state index in [-0.39, 0.29) is 29.6 Å². The highest BCUT2D eigenvalue weighted by Crippen LogP contribution is 2.40. The standard InChI is InChI=1S/C24H34N2O3/c1-2-29-24(28)22-16-21(22)17-26(14-13-25-11-5-6-12-25)23(27)20-10-9-18-7-3-4-8-19(18)15-20/h3-4,7-8,20-22H,2,5-6,9-17H2,1H3/t20-,21-,22-/m1/s1. The van der Waals surface area contributed by atoms with E-state index >= 15 is 0 Å². The first-order chi connectivity index (χ1) is 14.2. The molecule has 1 aromatic rings. The van der Waals surface area contributed by atoms with Crippen molar-refractivity contribution in [2.75, 3.05) is 39.3 Å². The summed E-state index contributed by atoms with van der Waals surface area (Å²) in [6, 6.07) is 8.52. The molecule has 0 radical (unpaired) electrons. The van der Waals surface area contributed by atoms with Gasteiger partial charge in [-0.05, 0) is 75.6 Å². The smallest absolute Gasteiger partial charge is 0.309 e. The monoisotopic (exact) mass is 398 g/mol. The number of hydrogen-bond acceptors (Lipinski definition) is 4. The van der Waals surface area contributed by atoms with Crippen molar-refractivity contribution in [3.63, 3.8) is 0 Å². The SMILES string of the molecule is CCOC(=O)[C@@H]1C[C@@H]1CN(CCN1CCCC1)C(=O)[C@@H]1CCc2ccccc2C1. The molecular weight excluding hydrogens is 364 g/mol. The van der Waals surface area contributed by atoms with Gasteiger partial charge in [0.2, 0.25) is 5.91 Å². The second kappa shape index (κ2) is 9.29. The zero-order chi connectivity index (χ0) is 20.2. The zero-order valence-electron chi connectivity index (χ0n) is 17.6. The van der Waals surface area contributed by atoms with Gasteiger partial charge in [-0.15, -0.1) is 0 Å². The molecule has 3 atom stereocenters. The minimum absolute atomic E-state index is 0.0101. The molecule has 3 aliphatic rings. The number of ether oxygens (including phenoxy) is 1. The van der Waals surface area contributed by atoms with Gasteiger partial charge in [0.25, 0.3) is 0 Å². The molecular formula is C24H34N2O3. The molecule has 1 saturated heterocycles. The molecule has 1 amide bonds. The van der Waals surface area contributed by atoms with Gasteiger partial charge in [-0.1, -0.05) is 24.3 Å². The quantitative estimate of drug-likeness (QED) is 0.632. The highest BCUT2D eigenvalue weighted by Gasteiger charge is 2.46. The molecule has 0 N–H and O–H groups in total. The van der Waals surface area contributed by atoms with Crippen LogP contribution in [0.2, 0.25) is 0 Å². The van der Waals surface area contributed by atoms with Crippen molar-refractivity contribution >= 4 is 11.9 Å². The number of hydrogen-bond donors (Lipinski definition) is 0. The van der Waals surface area contributed by atoms with Crippen molar-refractivity contribution in [2.24, 2.45) is 17.8 Å². The number of likely N-dealkylation sites (tertiary alicyclic amines) is 1. The second-order valence-corrected chi connectivity index (χ2v) is 8.90. The second-order valence-electron chi connectivity index (χ2n) is 8.90. The molecule has 158 valence electrons. The summed E-state index contributed by atoms with van der Waals surface area (Å²) >= 11 is 0. The van der Waals surface area contributed by atoms with Crippen LogP contribution in [0.3, 0.4) is 0 Å². The number of fused-ring (bicyclic) bond motifs is 1. The molecule has 4 rings (SSSR count). The Morgan fingerprint density at radius 1 is 1.17 bits per heavy atom.